The van der Waals surface area contributed by atoms with Crippen molar-refractivity contribution in [3.05, 3.63) is 36.2 Å². The van der Waals surface area contributed by atoms with Crippen molar-refractivity contribution in [2.24, 2.45) is 0 Å². The lowest BCUT2D eigenvalue weighted by Crippen LogP contribution is -2.01. The molecule has 1 heterocycles. The van der Waals surface area contributed by atoms with Gasteiger partial charge in [0.25, 0.3) is 0 Å². The molecule has 1 aromatic carbocycles. The van der Waals surface area contributed by atoms with Crippen LogP contribution in [0.2, 0.25) is 0 Å². The standard InChI is InChI=1S/C13H15N3O3/c1-18-10-3-4-11(12(7-10)19-2)16-13-14-6-5-9(8-17)15-13/h3-7,17H,8H2,1-2H3,(H,14,15,16). The first-order chi connectivity index (χ1) is 9.26. The summed E-state index contributed by atoms with van der Waals surface area (Å²) >= 11 is 0. The molecule has 0 amide bonds. The predicted octanol–water partition coefficient (Wildman–Crippen LogP) is 1.73. The molecule has 6 heteroatoms. The molecule has 2 rings (SSSR count). The topological polar surface area (TPSA) is 76.5 Å². The monoisotopic (exact) mass is 261 g/mol. The first-order valence-electron chi connectivity index (χ1n) is 5.68. The van der Waals surface area contributed by atoms with Crippen molar-refractivity contribution >= 4 is 11.6 Å². The minimum absolute atomic E-state index is 0.128. The minimum atomic E-state index is -0.128. The molecule has 100 valence electrons. The molecule has 2 aromatic rings. The maximum atomic E-state index is 9.04. The fourth-order valence-electron chi connectivity index (χ4n) is 1.57. The molecule has 1 aromatic heterocycles. The van der Waals surface area contributed by atoms with Crippen molar-refractivity contribution in [3.8, 4) is 11.5 Å². The summed E-state index contributed by atoms with van der Waals surface area (Å²) in [7, 11) is 3.17. The summed E-state index contributed by atoms with van der Waals surface area (Å²) in [6.45, 7) is -0.128. The highest BCUT2D eigenvalue weighted by Crippen LogP contribution is 2.30. The normalized spacial score (nSPS) is 10.1. The summed E-state index contributed by atoms with van der Waals surface area (Å²) in [6, 6.07) is 7.03. The Labute approximate surface area is 111 Å². The van der Waals surface area contributed by atoms with Gasteiger partial charge in [-0.2, -0.15) is 0 Å². The van der Waals surface area contributed by atoms with Gasteiger partial charge in [-0.15, -0.1) is 0 Å². The third kappa shape index (κ3) is 3.11. The maximum absolute atomic E-state index is 9.04. The van der Waals surface area contributed by atoms with E-state index in [1.165, 1.54) is 0 Å². The van der Waals surface area contributed by atoms with E-state index in [0.29, 0.717) is 23.1 Å². The fraction of sp³-hybridized carbons (Fsp3) is 0.231. The molecule has 0 aliphatic heterocycles. The molecule has 0 unspecified atom stereocenters. The Bertz CT molecular complexity index is 561. The zero-order valence-electron chi connectivity index (χ0n) is 10.8. The van der Waals surface area contributed by atoms with E-state index < -0.39 is 0 Å². The number of benzene rings is 1. The van der Waals surface area contributed by atoms with Crippen LogP contribution in [-0.4, -0.2) is 29.3 Å². The lowest BCUT2D eigenvalue weighted by molar-refractivity contribution is 0.277. The average Bonchev–Trinajstić information content (AvgIpc) is 2.48. The second-order valence-electron chi connectivity index (χ2n) is 3.72. The van der Waals surface area contributed by atoms with Gasteiger partial charge in [-0.05, 0) is 18.2 Å². The lowest BCUT2D eigenvalue weighted by atomic mass is 10.2. The number of nitrogens with one attached hydrogen (secondary N) is 1. The number of aromatic nitrogens is 2. The highest BCUT2D eigenvalue weighted by molar-refractivity contribution is 5.64. The van der Waals surface area contributed by atoms with Gasteiger partial charge in [0, 0.05) is 12.3 Å². The van der Waals surface area contributed by atoms with Crippen LogP contribution in [0.4, 0.5) is 11.6 Å². The Morgan fingerprint density at radius 2 is 2.05 bits per heavy atom. The van der Waals surface area contributed by atoms with Gasteiger partial charge >= 0.3 is 0 Å². The Hall–Kier alpha value is -2.34. The molecule has 6 nitrogen and oxygen atoms in total. The van der Waals surface area contributed by atoms with Crippen LogP contribution in [0, 0.1) is 0 Å². The molecule has 0 radical (unpaired) electrons. The van der Waals surface area contributed by atoms with Gasteiger partial charge in [0.15, 0.2) is 0 Å². The quantitative estimate of drug-likeness (QED) is 0.853. The number of aliphatic hydroxyl groups excluding tert-OH is 1. The molecule has 0 saturated heterocycles. The van der Waals surface area contributed by atoms with Crippen LogP contribution in [0.25, 0.3) is 0 Å². The molecular weight excluding hydrogens is 246 g/mol. The van der Waals surface area contributed by atoms with E-state index in [9.17, 15) is 0 Å². The predicted molar refractivity (Wildman–Crippen MR) is 70.8 cm³/mol. The number of hydrogen-bond acceptors (Lipinski definition) is 6. The SMILES string of the molecule is COc1ccc(Nc2nccc(CO)n2)c(OC)c1. The van der Waals surface area contributed by atoms with Gasteiger partial charge in [-0.25, -0.2) is 9.97 Å². The van der Waals surface area contributed by atoms with E-state index in [-0.39, 0.29) is 6.61 Å². The minimum Gasteiger partial charge on any atom is -0.497 e. The van der Waals surface area contributed by atoms with Crippen LogP contribution in [0.15, 0.2) is 30.5 Å². The van der Waals surface area contributed by atoms with Crippen LogP contribution in [0.1, 0.15) is 5.69 Å². The van der Waals surface area contributed by atoms with Gasteiger partial charge in [0.1, 0.15) is 11.5 Å². The molecule has 19 heavy (non-hydrogen) atoms. The molecule has 2 N–H and O–H groups in total. The lowest BCUT2D eigenvalue weighted by Gasteiger charge is -2.11. The Kier molecular flexibility index (Phi) is 4.15. The van der Waals surface area contributed by atoms with E-state index in [2.05, 4.69) is 15.3 Å². The smallest absolute Gasteiger partial charge is 0.227 e. The third-order valence-electron chi connectivity index (χ3n) is 2.53. The molecule has 0 aliphatic rings. The fourth-order valence-corrected chi connectivity index (χ4v) is 1.57. The van der Waals surface area contributed by atoms with Crippen molar-refractivity contribution in [1.82, 2.24) is 9.97 Å². The molecule has 0 spiro atoms. The molecule has 0 saturated carbocycles. The van der Waals surface area contributed by atoms with Crippen LogP contribution < -0.4 is 14.8 Å². The summed E-state index contributed by atoms with van der Waals surface area (Å²) in [5.41, 5.74) is 1.27. The average molecular weight is 261 g/mol. The summed E-state index contributed by atoms with van der Waals surface area (Å²) in [4.78, 5) is 8.23. The van der Waals surface area contributed by atoms with E-state index in [0.717, 1.165) is 5.69 Å². The van der Waals surface area contributed by atoms with E-state index in [1.807, 2.05) is 6.07 Å². The van der Waals surface area contributed by atoms with Gasteiger partial charge in [0.05, 0.1) is 32.2 Å². The number of anilines is 2. The zero-order valence-corrected chi connectivity index (χ0v) is 10.8. The number of rotatable bonds is 5. The van der Waals surface area contributed by atoms with Crippen LogP contribution in [0.3, 0.4) is 0 Å². The molecule has 0 fully saturated rings. The van der Waals surface area contributed by atoms with Crippen molar-refractivity contribution < 1.29 is 14.6 Å². The van der Waals surface area contributed by atoms with Crippen molar-refractivity contribution in [3.63, 3.8) is 0 Å². The van der Waals surface area contributed by atoms with E-state index >= 15 is 0 Å². The van der Waals surface area contributed by atoms with Gasteiger partial charge < -0.3 is 19.9 Å². The number of ether oxygens (including phenoxy) is 2. The number of methoxy groups -OCH3 is 2. The van der Waals surface area contributed by atoms with Crippen LogP contribution in [-0.2, 0) is 6.61 Å². The second-order valence-corrected chi connectivity index (χ2v) is 3.72. The highest BCUT2D eigenvalue weighted by atomic mass is 16.5. The zero-order chi connectivity index (χ0) is 13.7. The van der Waals surface area contributed by atoms with E-state index in [1.54, 1.807) is 38.6 Å². The second kappa shape index (κ2) is 6.01. The van der Waals surface area contributed by atoms with Crippen LogP contribution in [0.5, 0.6) is 11.5 Å². The molecule has 0 aliphatic carbocycles. The van der Waals surface area contributed by atoms with Crippen molar-refractivity contribution in [1.29, 1.82) is 0 Å². The number of nitrogens with zero attached hydrogens (tertiary/aromatic N) is 2. The van der Waals surface area contributed by atoms with Gasteiger partial charge in [-0.1, -0.05) is 0 Å². The molecular formula is C13H15N3O3. The molecule has 0 atom stereocenters. The Balaban J connectivity index is 2.26. The Morgan fingerprint density at radius 1 is 1.21 bits per heavy atom. The summed E-state index contributed by atoms with van der Waals surface area (Å²) in [5, 5.41) is 12.1. The third-order valence-corrected chi connectivity index (χ3v) is 2.53. The molecule has 0 bridgehead atoms. The summed E-state index contributed by atoms with van der Waals surface area (Å²) < 4.78 is 10.4. The van der Waals surface area contributed by atoms with Gasteiger partial charge in [0.2, 0.25) is 5.95 Å². The van der Waals surface area contributed by atoms with Crippen molar-refractivity contribution in [2.45, 2.75) is 6.61 Å². The summed E-state index contributed by atoms with van der Waals surface area (Å²) in [5.74, 6) is 1.72. The van der Waals surface area contributed by atoms with Crippen LogP contribution >= 0.6 is 0 Å². The van der Waals surface area contributed by atoms with Gasteiger partial charge in [-0.3, -0.25) is 0 Å². The summed E-state index contributed by atoms with van der Waals surface area (Å²) in [6.07, 6.45) is 1.58. The number of hydrogen-bond donors (Lipinski definition) is 2. The first-order valence-corrected chi connectivity index (χ1v) is 5.68. The first kappa shape index (κ1) is 13.1. The largest absolute Gasteiger partial charge is 0.497 e. The Morgan fingerprint density at radius 3 is 2.74 bits per heavy atom. The highest BCUT2D eigenvalue weighted by Gasteiger charge is 2.07. The van der Waals surface area contributed by atoms with Crippen molar-refractivity contribution in [2.75, 3.05) is 19.5 Å². The van der Waals surface area contributed by atoms with E-state index in [4.69, 9.17) is 14.6 Å². The number of aliphatic hydroxyl groups is 1. The maximum Gasteiger partial charge on any atom is 0.227 e.